The van der Waals surface area contributed by atoms with Gasteiger partial charge in [-0.05, 0) is 12.8 Å². The second kappa shape index (κ2) is 7.37. The Hall–Kier alpha value is -2.24. The van der Waals surface area contributed by atoms with Gasteiger partial charge in [-0.3, -0.25) is 9.59 Å². The molecule has 0 N–H and O–H groups in total. The summed E-state index contributed by atoms with van der Waals surface area (Å²) >= 11 is 0. The van der Waals surface area contributed by atoms with Crippen LogP contribution in [-0.2, 0) is 28.7 Å². The molecule has 0 amide bonds. The van der Waals surface area contributed by atoms with Gasteiger partial charge in [0.2, 0.25) is 0 Å². The molecule has 1 aliphatic rings. The van der Waals surface area contributed by atoms with Crippen LogP contribution in [0.4, 0.5) is 0 Å². The fourth-order valence-electron chi connectivity index (χ4n) is 2.13. The molecule has 108 valence electrons. The fraction of sp³-hybridized carbons (Fsp3) is 0.429. The summed E-state index contributed by atoms with van der Waals surface area (Å²) in [6.45, 7) is 6.38. The zero-order valence-corrected chi connectivity index (χ0v) is 11.0. The Labute approximate surface area is 116 Å². The van der Waals surface area contributed by atoms with Crippen LogP contribution in [-0.4, -0.2) is 23.9 Å². The van der Waals surface area contributed by atoms with Crippen molar-refractivity contribution in [2.24, 2.45) is 11.8 Å². The van der Waals surface area contributed by atoms with Gasteiger partial charge in [-0.15, -0.1) is 0 Å². The quantitative estimate of drug-likeness (QED) is 0.438. The number of rotatable bonds is 4. The Morgan fingerprint density at radius 3 is 1.45 bits per heavy atom. The highest BCUT2D eigenvalue weighted by Gasteiger charge is 2.39. The summed E-state index contributed by atoms with van der Waals surface area (Å²) in [4.78, 5) is 45.7. The molecule has 1 saturated carbocycles. The van der Waals surface area contributed by atoms with E-state index in [0.29, 0.717) is 12.8 Å². The molecule has 0 aromatic carbocycles. The Morgan fingerprint density at radius 2 is 1.15 bits per heavy atom. The first-order valence-corrected chi connectivity index (χ1v) is 6.25. The first-order valence-electron chi connectivity index (χ1n) is 6.25. The van der Waals surface area contributed by atoms with E-state index in [0.717, 1.165) is 25.0 Å². The van der Waals surface area contributed by atoms with E-state index >= 15 is 0 Å². The van der Waals surface area contributed by atoms with Gasteiger partial charge in [-0.25, -0.2) is 9.59 Å². The van der Waals surface area contributed by atoms with Crippen molar-refractivity contribution in [2.45, 2.75) is 25.7 Å². The van der Waals surface area contributed by atoms with Gasteiger partial charge < -0.3 is 9.47 Å². The molecule has 0 spiro atoms. The van der Waals surface area contributed by atoms with Gasteiger partial charge >= 0.3 is 23.9 Å². The number of carbonyl (C=O) groups is 4. The minimum Gasteiger partial charge on any atom is -0.390 e. The third-order valence-electron chi connectivity index (χ3n) is 3.11. The molecule has 0 heterocycles. The van der Waals surface area contributed by atoms with E-state index in [-0.39, 0.29) is 0 Å². The molecule has 0 radical (unpaired) electrons. The average molecular weight is 280 g/mol. The summed E-state index contributed by atoms with van der Waals surface area (Å²) in [6.07, 6.45) is 4.03. The first-order chi connectivity index (χ1) is 9.49. The van der Waals surface area contributed by atoms with E-state index < -0.39 is 35.7 Å². The lowest BCUT2D eigenvalue weighted by molar-refractivity contribution is -0.170. The molecule has 0 saturated heterocycles. The molecule has 6 nitrogen and oxygen atoms in total. The summed E-state index contributed by atoms with van der Waals surface area (Å²) < 4.78 is 9.08. The second-order valence-corrected chi connectivity index (χ2v) is 4.39. The Bertz CT molecular complexity index is 409. The van der Waals surface area contributed by atoms with Gasteiger partial charge in [0.05, 0.1) is 11.8 Å². The summed E-state index contributed by atoms with van der Waals surface area (Å²) in [5.74, 6) is -4.87. The van der Waals surface area contributed by atoms with E-state index in [1.54, 1.807) is 0 Å². The van der Waals surface area contributed by atoms with Crippen LogP contribution in [0.5, 0.6) is 0 Å². The molecular weight excluding hydrogens is 264 g/mol. The third kappa shape index (κ3) is 4.15. The zero-order valence-electron chi connectivity index (χ0n) is 11.0. The zero-order chi connectivity index (χ0) is 15.1. The summed E-state index contributed by atoms with van der Waals surface area (Å²) in [7, 11) is 0. The minimum atomic E-state index is -0.866. The van der Waals surface area contributed by atoms with E-state index in [1.807, 2.05) is 0 Å². The van der Waals surface area contributed by atoms with Crippen molar-refractivity contribution < 1.29 is 28.7 Å². The predicted molar refractivity (Wildman–Crippen MR) is 68.0 cm³/mol. The number of hydrogen-bond acceptors (Lipinski definition) is 6. The number of hydrogen-bond donors (Lipinski definition) is 0. The Kier molecular flexibility index (Phi) is 5.83. The monoisotopic (exact) mass is 280 g/mol. The van der Waals surface area contributed by atoms with E-state index in [4.69, 9.17) is 0 Å². The average Bonchev–Trinajstić information content (AvgIpc) is 2.46. The molecule has 2 atom stereocenters. The normalized spacial score (nSPS) is 21.4. The van der Waals surface area contributed by atoms with Crippen molar-refractivity contribution in [1.29, 1.82) is 0 Å². The maximum Gasteiger partial charge on any atom is 0.337 e. The SMILES string of the molecule is C=CC(=O)OC(=O)C1CCCCC1C(=O)OC(=O)C=C. The maximum absolute atomic E-state index is 11.8. The molecule has 0 bridgehead atoms. The van der Waals surface area contributed by atoms with Crippen LogP contribution in [0.15, 0.2) is 25.3 Å². The van der Waals surface area contributed by atoms with Gasteiger partial charge in [0.25, 0.3) is 0 Å². The number of ether oxygens (including phenoxy) is 2. The van der Waals surface area contributed by atoms with Crippen LogP contribution in [0.25, 0.3) is 0 Å². The van der Waals surface area contributed by atoms with E-state index in [9.17, 15) is 19.2 Å². The molecular formula is C14H16O6. The van der Waals surface area contributed by atoms with Crippen molar-refractivity contribution in [2.75, 3.05) is 0 Å². The standard InChI is InChI=1S/C14H16O6/c1-3-11(15)19-13(17)9-7-5-6-8-10(9)14(18)20-12(16)4-2/h3-4,9-10H,1-2,5-8H2. The molecule has 1 fully saturated rings. The number of esters is 4. The van der Waals surface area contributed by atoms with E-state index in [2.05, 4.69) is 22.6 Å². The molecule has 1 rings (SSSR count). The van der Waals surface area contributed by atoms with Crippen LogP contribution < -0.4 is 0 Å². The second-order valence-electron chi connectivity index (χ2n) is 4.39. The topological polar surface area (TPSA) is 86.7 Å². The molecule has 6 heteroatoms. The van der Waals surface area contributed by atoms with Crippen molar-refractivity contribution in [1.82, 2.24) is 0 Å². The van der Waals surface area contributed by atoms with Crippen LogP contribution >= 0.6 is 0 Å². The first kappa shape index (κ1) is 15.8. The van der Waals surface area contributed by atoms with Crippen LogP contribution in [0, 0.1) is 11.8 Å². The fourth-order valence-corrected chi connectivity index (χ4v) is 2.13. The van der Waals surface area contributed by atoms with Gasteiger partial charge in [-0.2, -0.15) is 0 Å². The van der Waals surface area contributed by atoms with Crippen LogP contribution in [0.3, 0.4) is 0 Å². The largest absolute Gasteiger partial charge is 0.390 e. The Morgan fingerprint density at radius 1 is 0.800 bits per heavy atom. The molecule has 1 aliphatic carbocycles. The lowest BCUT2D eigenvalue weighted by atomic mass is 9.79. The Balaban J connectivity index is 2.75. The highest BCUT2D eigenvalue weighted by Crippen LogP contribution is 2.32. The third-order valence-corrected chi connectivity index (χ3v) is 3.11. The van der Waals surface area contributed by atoms with Crippen LogP contribution in [0.1, 0.15) is 25.7 Å². The van der Waals surface area contributed by atoms with Gasteiger partial charge in [0, 0.05) is 12.2 Å². The summed E-state index contributed by atoms with van der Waals surface area (Å²) in [6, 6.07) is 0. The van der Waals surface area contributed by atoms with Gasteiger partial charge in [-0.1, -0.05) is 26.0 Å². The maximum atomic E-state index is 11.8. The highest BCUT2D eigenvalue weighted by atomic mass is 16.6. The van der Waals surface area contributed by atoms with Crippen molar-refractivity contribution >= 4 is 23.9 Å². The molecule has 2 unspecified atom stereocenters. The van der Waals surface area contributed by atoms with Gasteiger partial charge in [0.1, 0.15) is 0 Å². The smallest absolute Gasteiger partial charge is 0.337 e. The van der Waals surface area contributed by atoms with Crippen molar-refractivity contribution in [3.05, 3.63) is 25.3 Å². The van der Waals surface area contributed by atoms with Gasteiger partial charge in [0.15, 0.2) is 0 Å². The summed E-state index contributed by atoms with van der Waals surface area (Å²) in [5, 5.41) is 0. The molecule has 20 heavy (non-hydrogen) atoms. The lowest BCUT2D eigenvalue weighted by Crippen LogP contribution is -2.36. The van der Waals surface area contributed by atoms with Crippen molar-refractivity contribution in [3.63, 3.8) is 0 Å². The van der Waals surface area contributed by atoms with Crippen molar-refractivity contribution in [3.8, 4) is 0 Å². The summed E-state index contributed by atoms with van der Waals surface area (Å²) in [5.41, 5.74) is 0. The molecule has 0 aromatic heterocycles. The lowest BCUT2D eigenvalue weighted by Gasteiger charge is -2.27. The van der Waals surface area contributed by atoms with Crippen LogP contribution in [0.2, 0.25) is 0 Å². The molecule has 0 aliphatic heterocycles. The number of carbonyl (C=O) groups excluding carboxylic acids is 4. The minimum absolute atomic E-state index is 0.408. The molecule has 0 aromatic rings. The highest BCUT2D eigenvalue weighted by molar-refractivity contribution is 5.96. The van der Waals surface area contributed by atoms with E-state index in [1.165, 1.54) is 0 Å². The predicted octanol–water partition coefficient (Wildman–Crippen LogP) is 1.30.